The molecule has 18 heteroatoms. The SMILES string of the molecule is CC(C)(O/N=C(\C(=O)N[C@@H]1C(=O)N2C(C(=O)O)=C(CCCc3ccc(C[n+]4ccc5cc(O)c(O)c(Cl)c5c4)cc3)CS[C@H]12)c1csc(N)n1)C(=O)O. The number of halogens is 1. The van der Waals surface area contributed by atoms with Gasteiger partial charge in [-0.3, -0.25) is 14.5 Å². The van der Waals surface area contributed by atoms with Gasteiger partial charge in [0.15, 0.2) is 41.3 Å². The fourth-order valence-corrected chi connectivity index (χ4v) is 8.02. The summed E-state index contributed by atoms with van der Waals surface area (Å²) in [5, 5.41) is 47.9. The van der Waals surface area contributed by atoms with E-state index in [1.165, 1.54) is 42.0 Å². The lowest BCUT2D eigenvalue weighted by molar-refractivity contribution is -0.687. The zero-order valence-corrected chi connectivity index (χ0v) is 30.7. The van der Waals surface area contributed by atoms with Crippen LogP contribution in [0.15, 0.2) is 70.6 Å². The van der Waals surface area contributed by atoms with Crippen molar-refractivity contribution in [1.82, 2.24) is 15.2 Å². The topological polar surface area (TPSA) is 229 Å². The Kier molecular flexibility index (Phi) is 10.5. The van der Waals surface area contributed by atoms with Crippen LogP contribution in [0.25, 0.3) is 10.8 Å². The molecule has 6 rings (SSSR count). The smallest absolute Gasteiger partial charge is 0.352 e. The van der Waals surface area contributed by atoms with Crippen molar-refractivity contribution in [3.63, 3.8) is 0 Å². The molecule has 4 heterocycles. The number of nitrogens with zero attached hydrogens (tertiary/aromatic N) is 4. The molecule has 2 atom stereocenters. The van der Waals surface area contributed by atoms with E-state index in [-0.39, 0.29) is 38.8 Å². The van der Waals surface area contributed by atoms with E-state index in [1.807, 2.05) is 35.0 Å². The van der Waals surface area contributed by atoms with Gasteiger partial charge in [-0.05, 0) is 55.7 Å². The van der Waals surface area contributed by atoms with Crippen molar-refractivity contribution in [1.29, 1.82) is 0 Å². The second kappa shape index (κ2) is 14.9. The number of rotatable bonds is 13. The number of nitrogens with one attached hydrogen (secondary N) is 1. The molecule has 15 nitrogen and oxygen atoms in total. The molecule has 0 unspecified atom stereocenters. The van der Waals surface area contributed by atoms with Gasteiger partial charge in [-0.1, -0.05) is 41.0 Å². The number of phenolic OH excluding ortho intramolecular Hbond substituents is 2. The minimum absolute atomic E-state index is 0.0211. The number of nitrogens with two attached hydrogens (primary N) is 1. The van der Waals surface area contributed by atoms with E-state index in [0.717, 1.165) is 22.5 Å². The Hall–Kier alpha value is -5.39. The number of β-lactam (4-membered cyclic amide) rings is 1. The number of hydrogen-bond acceptors (Lipinski definition) is 12. The number of fused-ring (bicyclic) bond motifs is 2. The highest BCUT2D eigenvalue weighted by atomic mass is 35.5. The Morgan fingerprint density at radius 2 is 1.87 bits per heavy atom. The van der Waals surface area contributed by atoms with E-state index in [2.05, 4.69) is 15.5 Å². The summed E-state index contributed by atoms with van der Waals surface area (Å²) < 4.78 is 1.92. The Bertz CT molecular complexity index is 2210. The minimum Gasteiger partial charge on any atom is -0.504 e. The standard InChI is InChI=1S/C35H33ClN6O9S2/c1-35(2,33(49)50)51-40-25(22-16-53-34(37)38-22)29(45)39-26-30(46)42-27(32(47)48)20(15-52-31(26)42)5-3-4-17-6-8-18(9-7-17)13-41-11-10-19-12-23(43)28(44)24(36)21(19)14-41/h6-12,14,16,26,31H,3-5,13,15H2,1-2H3,(H6,37,38,39,44,45,47,48,49,50)/p+1/b40-25-/t26-,31-/m1/s1. The normalized spacial score (nSPS) is 17.4. The fourth-order valence-electron chi connectivity index (χ4n) is 5.82. The molecule has 2 aliphatic rings. The number of carboxylic acid groups (broad SMARTS) is 2. The van der Waals surface area contributed by atoms with Crippen LogP contribution in [0.1, 0.15) is 43.5 Å². The number of phenols is 2. The van der Waals surface area contributed by atoms with Crippen LogP contribution in [-0.4, -0.2) is 82.5 Å². The van der Waals surface area contributed by atoms with Crippen molar-refractivity contribution in [3.05, 3.63) is 87.3 Å². The number of aliphatic carboxylic acids is 2. The van der Waals surface area contributed by atoms with E-state index >= 15 is 0 Å². The highest BCUT2D eigenvalue weighted by Gasteiger charge is 2.54. The second-order valence-electron chi connectivity index (χ2n) is 12.9. The molecule has 0 aliphatic carbocycles. The summed E-state index contributed by atoms with van der Waals surface area (Å²) in [4.78, 5) is 60.9. The average molecular weight is 782 g/mol. The van der Waals surface area contributed by atoms with E-state index in [4.69, 9.17) is 22.2 Å². The average Bonchev–Trinajstić information content (AvgIpc) is 3.55. The molecule has 2 aromatic carbocycles. The highest BCUT2D eigenvalue weighted by Crippen LogP contribution is 2.42. The first-order valence-electron chi connectivity index (χ1n) is 16.2. The number of carbonyl (C=O) groups excluding carboxylic acids is 2. The number of hydrogen-bond donors (Lipinski definition) is 6. The third-order valence-corrected chi connectivity index (χ3v) is 11.2. The van der Waals surface area contributed by atoms with E-state index < -0.39 is 40.8 Å². The number of carbonyl (C=O) groups is 4. The molecule has 2 aliphatic heterocycles. The van der Waals surface area contributed by atoms with Gasteiger partial charge in [-0.25, -0.2) is 19.1 Å². The lowest BCUT2D eigenvalue weighted by Crippen LogP contribution is -2.71. The first-order valence-corrected chi connectivity index (χ1v) is 18.5. The number of aromatic hydroxyl groups is 2. The first-order chi connectivity index (χ1) is 25.1. The van der Waals surface area contributed by atoms with Gasteiger partial charge in [0.05, 0.1) is 5.39 Å². The van der Waals surface area contributed by atoms with Crippen molar-refractivity contribution in [3.8, 4) is 11.5 Å². The number of nitrogen functional groups attached to an aromatic ring is 1. The molecule has 0 bridgehead atoms. The third kappa shape index (κ3) is 7.72. The van der Waals surface area contributed by atoms with Gasteiger partial charge in [0.1, 0.15) is 27.8 Å². The Morgan fingerprint density at radius 3 is 2.53 bits per heavy atom. The molecule has 276 valence electrons. The van der Waals surface area contributed by atoms with Crippen LogP contribution in [0, 0.1) is 0 Å². The summed E-state index contributed by atoms with van der Waals surface area (Å²) in [5.41, 5.74) is 6.17. The van der Waals surface area contributed by atoms with E-state index in [9.17, 15) is 39.6 Å². The van der Waals surface area contributed by atoms with Gasteiger partial charge in [0, 0.05) is 22.8 Å². The molecule has 0 radical (unpaired) electrons. The molecule has 4 aromatic rings. The number of carboxylic acids is 2. The molecular formula is C35H34ClN6O9S2+. The van der Waals surface area contributed by atoms with E-state index in [0.29, 0.717) is 47.9 Å². The zero-order valence-electron chi connectivity index (χ0n) is 28.3. The highest BCUT2D eigenvalue weighted by molar-refractivity contribution is 8.00. The number of benzene rings is 2. The number of thiazole rings is 1. The van der Waals surface area contributed by atoms with Crippen molar-refractivity contribution >= 4 is 80.1 Å². The van der Waals surface area contributed by atoms with Crippen molar-refractivity contribution in [2.75, 3.05) is 11.5 Å². The van der Waals surface area contributed by atoms with Crippen LogP contribution >= 0.6 is 34.7 Å². The van der Waals surface area contributed by atoms with Crippen molar-refractivity contribution in [2.24, 2.45) is 5.16 Å². The summed E-state index contributed by atoms with van der Waals surface area (Å²) in [7, 11) is 0. The van der Waals surface area contributed by atoms with Crippen molar-refractivity contribution < 1.29 is 49.0 Å². The summed E-state index contributed by atoms with van der Waals surface area (Å²) in [6.07, 6.45) is 5.40. The number of pyridine rings is 1. The monoisotopic (exact) mass is 781 g/mol. The van der Waals surface area contributed by atoms with E-state index in [1.54, 1.807) is 12.3 Å². The van der Waals surface area contributed by atoms with Gasteiger partial charge in [0.25, 0.3) is 11.8 Å². The van der Waals surface area contributed by atoms with Crippen LogP contribution in [0.2, 0.25) is 5.02 Å². The van der Waals surface area contributed by atoms with Crippen molar-refractivity contribution in [2.45, 2.75) is 56.7 Å². The Labute approximate surface area is 315 Å². The maximum absolute atomic E-state index is 13.3. The molecule has 53 heavy (non-hydrogen) atoms. The molecule has 0 saturated carbocycles. The number of thioether (sulfide) groups is 1. The van der Waals surface area contributed by atoms with Crippen LogP contribution in [0.5, 0.6) is 11.5 Å². The van der Waals surface area contributed by atoms with Gasteiger partial charge in [0.2, 0.25) is 5.60 Å². The second-order valence-corrected chi connectivity index (χ2v) is 15.3. The number of anilines is 1. The van der Waals surface area contributed by atoms with Gasteiger partial charge in [-0.15, -0.1) is 23.1 Å². The van der Waals surface area contributed by atoms with Crippen LogP contribution in [-0.2, 0) is 37.0 Å². The van der Waals surface area contributed by atoms with Gasteiger partial charge < -0.3 is 36.3 Å². The third-order valence-electron chi connectivity index (χ3n) is 8.76. The maximum Gasteiger partial charge on any atom is 0.352 e. The predicted octanol–water partition coefficient (Wildman–Crippen LogP) is 3.62. The molecular weight excluding hydrogens is 748 g/mol. The van der Waals surface area contributed by atoms with Crippen LogP contribution < -0.4 is 15.6 Å². The molecule has 0 spiro atoms. The molecule has 7 N–H and O–H groups in total. The Balaban J connectivity index is 1.08. The summed E-state index contributed by atoms with van der Waals surface area (Å²) in [6, 6.07) is 10.2. The number of aryl methyl sites for hydroxylation is 1. The maximum atomic E-state index is 13.3. The summed E-state index contributed by atoms with van der Waals surface area (Å²) >= 11 is 8.60. The molecule has 1 saturated heterocycles. The lowest BCUT2D eigenvalue weighted by Gasteiger charge is -2.49. The first kappa shape index (κ1) is 37.4. The minimum atomic E-state index is -1.77. The Morgan fingerprint density at radius 1 is 1.15 bits per heavy atom. The zero-order chi connectivity index (χ0) is 38.2. The molecule has 2 aromatic heterocycles. The quantitative estimate of drug-likeness (QED) is 0.0376. The van der Waals surface area contributed by atoms with Gasteiger partial charge in [-0.2, -0.15) is 0 Å². The predicted molar refractivity (Wildman–Crippen MR) is 197 cm³/mol. The molecule has 2 amide bonds. The van der Waals surface area contributed by atoms with Crippen LogP contribution in [0.4, 0.5) is 5.13 Å². The fraction of sp³-hybridized carbons (Fsp3) is 0.286. The molecule has 1 fully saturated rings. The van der Waals surface area contributed by atoms with Gasteiger partial charge >= 0.3 is 11.9 Å². The largest absolute Gasteiger partial charge is 0.504 e. The summed E-state index contributed by atoms with van der Waals surface area (Å²) in [5.74, 6) is -4.34. The number of aromatic nitrogens is 2. The lowest BCUT2D eigenvalue weighted by atomic mass is 9.98. The van der Waals surface area contributed by atoms with Crippen LogP contribution in [0.3, 0.4) is 0 Å². The number of amides is 2. The summed E-state index contributed by atoms with van der Waals surface area (Å²) in [6.45, 7) is 3.03. The number of oxime groups is 1.